The van der Waals surface area contributed by atoms with Gasteiger partial charge in [0, 0.05) is 38.9 Å². The van der Waals surface area contributed by atoms with E-state index in [1.165, 1.54) is 0 Å². The number of carboxylic acid groups (broad SMARTS) is 2. The molecule has 0 fully saturated rings. The van der Waals surface area contributed by atoms with Gasteiger partial charge in [0.1, 0.15) is 19.3 Å². The van der Waals surface area contributed by atoms with Crippen LogP contribution in [0.1, 0.15) is 109 Å². The first-order valence-electron chi connectivity index (χ1n) is 19.7. The molecular formula is C37H66FN5O13. The van der Waals surface area contributed by atoms with E-state index in [-0.39, 0.29) is 122 Å². The van der Waals surface area contributed by atoms with Gasteiger partial charge >= 0.3 is 18.0 Å². The molecule has 0 bridgehead atoms. The van der Waals surface area contributed by atoms with Crippen molar-refractivity contribution in [1.29, 1.82) is 0 Å². The fourth-order valence-corrected chi connectivity index (χ4v) is 5.09. The van der Waals surface area contributed by atoms with Crippen LogP contribution in [-0.4, -0.2) is 136 Å². The molecule has 2 atom stereocenters. The summed E-state index contributed by atoms with van der Waals surface area (Å²) in [6.45, 7) is 1.62. The van der Waals surface area contributed by atoms with Crippen molar-refractivity contribution in [2.24, 2.45) is 5.73 Å². The molecule has 18 nitrogen and oxygen atoms in total. The Morgan fingerprint density at radius 1 is 0.500 bits per heavy atom. The van der Waals surface area contributed by atoms with Crippen molar-refractivity contribution in [3.8, 4) is 0 Å². The summed E-state index contributed by atoms with van der Waals surface area (Å²) in [4.78, 5) is 80.4. The summed E-state index contributed by atoms with van der Waals surface area (Å²) in [5.74, 6) is -3.34. The van der Waals surface area contributed by atoms with E-state index in [1.54, 1.807) is 0 Å². The molecule has 0 aliphatic heterocycles. The summed E-state index contributed by atoms with van der Waals surface area (Å²) in [6.07, 6.45) is 11.2. The maximum Gasteiger partial charge on any atom is 0.326 e. The van der Waals surface area contributed by atoms with Crippen molar-refractivity contribution in [2.45, 2.75) is 121 Å². The van der Waals surface area contributed by atoms with Crippen molar-refractivity contribution >= 4 is 41.6 Å². The molecule has 324 valence electrons. The number of amides is 4. The smallest absolute Gasteiger partial charge is 0.326 e. The Bertz CT molecular complexity index is 1120. The quantitative estimate of drug-likeness (QED) is 0.0342. The van der Waals surface area contributed by atoms with E-state index >= 15 is 0 Å². The number of nitrogens with two attached hydrogens (primary N) is 1. The Labute approximate surface area is 329 Å². The molecule has 19 heteroatoms. The molecule has 56 heavy (non-hydrogen) atoms. The first-order valence-corrected chi connectivity index (χ1v) is 19.7. The molecule has 8 N–H and O–H groups in total. The number of carboxylic acids is 2. The summed E-state index contributed by atoms with van der Waals surface area (Å²) < 4.78 is 33.5. The third-order valence-corrected chi connectivity index (χ3v) is 8.24. The monoisotopic (exact) mass is 807 g/mol. The highest BCUT2D eigenvalue weighted by atomic mass is 19.1. The SMILES string of the molecule is N[C@@H](CCCCNC(=O)COCCOCCNC(=O)COCCOCCNC(=O)CCC(NC(=O)CCCCCCCCCCCCC(=O)O)C(=O)O)C(=O)F. The van der Waals surface area contributed by atoms with Crippen LogP contribution >= 0.6 is 0 Å². The van der Waals surface area contributed by atoms with Gasteiger partial charge in [-0.25, -0.2) is 4.79 Å². The molecule has 0 aromatic carbocycles. The predicted molar refractivity (Wildman–Crippen MR) is 202 cm³/mol. The Balaban J connectivity index is 3.66. The van der Waals surface area contributed by atoms with Gasteiger partial charge in [0.05, 0.1) is 45.7 Å². The lowest BCUT2D eigenvalue weighted by Gasteiger charge is -2.14. The van der Waals surface area contributed by atoms with Crippen LogP contribution in [0.2, 0.25) is 0 Å². The zero-order valence-electron chi connectivity index (χ0n) is 32.8. The van der Waals surface area contributed by atoms with E-state index in [0.29, 0.717) is 25.8 Å². The van der Waals surface area contributed by atoms with E-state index in [1.807, 2.05) is 0 Å². The topological polar surface area (TPSA) is 271 Å². The molecule has 0 rings (SSSR count). The maximum atomic E-state index is 12.4. The van der Waals surface area contributed by atoms with Gasteiger partial charge in [-0.3, -0.25) is 28.8 Å². The van der Waals surface area contributed by atoms with Gasteiger partial charge in [-0.15, -0.1) is 0 Å². The van der Waals surface area contributed by atoms with Crippen LogP contribution in [0.3, 0.4) is 0 Å². The molecule has 0 spiro atoms. The minimum Gasteiger partial charge on any atom is -0.481 e. The van der Waals surface area contributed by atoms with Crippen LogP contribution in [0, 0.1) is 0 Å². The second-order valence-electron chi connectivity index (χ2n) is 13.2. The minimum absolute atomic E-state index is 0.0446. The fraction of sp³-hybridized carbons (Fsp3) is 0.811. The minimum atomic E-state index is -1.55. The molecule has 0 aromatic heterocycles. The average molecular weight is 808 g/mol. The third-order valence-electron chi connectivity index (χ3n) is 8.24. The number of ether oxygens (including phenoxy) is 4. The molecule has 0 saturated heterocycles. The zero-order valence-corrected chi connectivity index (χ0v) is 32.8. The lowest BCUT2D eigenvalue weighted by atomic mass is 10.0. The van der Waals surface area contributed by atoms with E-state index in [9.17, 15) is 43.1 Å². The molecule has 0 saturated carbocycles. The van der Waals surface area contributed by atoms with Gasteiger partial charge in [0.2, 0.25) is 23.6 Å². The van der Waals surface area contributed by atoms with Gasteiger partial charge in [0.15, 0.2) is 0 Å². The van der Waals surface area contributed by atoms with Crippen molar-refractivity contribution in [1.82, 2.24) is 21.3 Å². The number of aliphatic carboxylic acids is 2. The highest BCUT2D eigenvalue weighted by Crippen LogP contribution is 2.12. The van der Waals surface area contributed by atoms with Crippen molar-refractivity contribution in [3.05, 3.63) is 0 Å². The van der Waals surface area contributed by atoms with E-state index in [2.05, 4.69) is 21.3 Å². The van der Waals surface area contributed by atoms with E-state index in [0.717, 1.165) is 57.8 Å². The Morgan fingerprint density at radius 2 is 0.964 bits per heavy atom. The van der Waals surface area contributed by atoms with Crippen LogP contribution in [0.5, 0.6) is 0 Å². The number of hydrogen-bond acceptors (Lipinski definition) is 12. The van der Waals surface area contributed by atoms with Gasteiger partial charge in [-0.1, -0.05) is 51.4 Å². The number of carbonyl (C=O) groups is 7. The fourth-order valence-electron chi connectivity index (χ4n) is 5.09. The molecule has 0 aromatic rings. The third kappa shape index (κ3) is 35.9. The van der Waals surface area contributed by atoms with Crippen molar-refractivity contribution in [2.75, 3.05) is 72.5 Å². The summed E-state index contributed by atoms with van der Waals surface area (Å²) in [5, 5.41) is 28.5. The number of carbonyl (C=O) groups excluding carboxylic acids is 5. The van der Waals surface area contributed by atoms with Crippen molar-refractivity contribution in [3.63, 3.8) is 0 Å². The summed E-state index contributed by atoms with van der Waals surface area (Å²) in [5.41, 5.74) is 5.29. The molecule has 0 radical (unpaired) electrons. The summed E-state index contributed by atoms with van der Waals surface area (Å²) >= 11 is 0. The lowest BCUT2D eigenvalue weighted by Crippen LogP contribution is -2.41. The Hall–Kier alpha value is -3.78. The highest BCUT2D eigenvalue weighted by Gasteiger charge is 2.21. The lowest BCUT2D eigenvalue weighted by molar-refractivity contribution is -0.142. The molecular weight excluding hydrogens is 741 g/mol. The average Bonchev–Trinajstić information content (AvgIpc) is 3.15. The van der Waals surface area contributed by atoms with Gasteiger partial charge < -0.3 is 56.2 Å². The molecule has 1 unspecified atom stereocenters. The predicted octanol–water partition coefficient (Wildman–Crippen LogP) is 1.51. The normalized spacial score (nSPS) is 12.0. The molecule has 0 aliphatic rings. The largest absolute Gasteiger partial charge is 0.481 e. The summed E-state index contributed by atoms with van der Waals surface area (Å²) in [7, 11) is 0. The second kappa shape index (κ2) is 36.8. The molecule has 4 amide bonds. The van der Waals surface area contributed by atoms with E-state index in [4.69, 9.17) is 29.8 Å². The number of unbranched alkanes of at least 4 members (excludes halogenated alkanes) is 10. The highest BCUT2D eigenvalue weighted by molar-refractivity contribution is 5.84. The number of rotatable bonds is 40. The zero-order chi connectivity index (χ0) is 41.7. The molecule has 0 aliphatic carbocycles. The van der Waals surface area contributed by atoms with Crippen molar-refractivity contribution < 1.29 is 67.1 Å². The number of halogens is 1. The second-order valence-corrected chi connectivity index (χ2v) is 13.2. The Kier molecular flexibility index (Phi) is 34.3. The van der Waals surface area contributed by atoms with E-state index < -0.39 is 30.1 Å². The van der Waals surface area contributed by atoms with Crippen LogP contribution < -0.4 is 27.0 Å². The summed E-state index contributed by atoms with van der Waals surface area (Å²) in [6, 6.07) is -3.82. The number of hydrogen-bond donors (Lipinski definition) is 7. The first kappa shape index (κ1) is 52.2. The maximum absolute atomic E-state index is 12.4. The van der Waals surface area contributed by atoms with Crippen LogP contribution in [0.25, 0.3) is 0 Å². The first-order chi connectivity index (χ1) is 26.9. The van der Waals surface area contributed by atoms with Crippen LogP contribution in [-0.2, 0) is 52.5 Å². The van der Waals surface area contributed by atoms with Crippen LogP contribution in [0.4, 0.5) is 4.39 Å². The van der Waals surface area contributed by atoms with Crippen LogP contribution in [0.15, 0.2) is 0 Å². The van der Waals surface area contributed by atoms with Gasteiger partial charge in [0.25, 0.3) is 0 Å². The van der Waals surface area contributed by atoms with Gasteiger partial charge in [-0.05, 0) is 38.5 Å². The standard InChI is InChI=1S/C37H66FN5O13/c38-36(50)29(39)13-11-12-18-40-33(46)27-55-25-24-54-22-20-42-34(47)28-56-26-23-53-21-19-41-31(44)17-16-30(37(51)52)43-32(45)14-9-7-5-3-1-2-4-6-8-10-15-35(48)49/h29-30H,1-28,39H2,(H,40,46)(H,41,44)(H,42,47)(H,43,45)(H,48,49)(H,51,52)/t29-,30?/m0/s1. The number of nitrogens with one attached hydrogen (secondary N) is 4. The Morgan fingerprint density at radius 3 is 1.46 bits per heavy atom. The van der Waals surface area contributed by atoms with Gasteiger partial charge in [-0.2, -0.15) is 4.39 Å². The molecule has 0 heterocycles.